The molecule has 1 aromatic carbocycles. The Labute approximate surface area is 163 Å². The fourth-order valence-corrected chi connectivity index (χ4v) is 3.57. The molecule has 146 valence electrons. The highest BCUT2D eigenvalue weighted by Crippen LogP contribution is 2.35. The van der Waals surface area contributed by atoms with Crippen molar-refractivity contribution in [3.63, 3.8) is 0 Å². The number of piperidine rings is 1. The van der Waals surface area contributed by atoms with Gasteiger partial charge in [0.2, 0.25) is 17.7 Å². The second-order valence-corrected chi connectivity index (χ2v) is 6.98. The number of anilines is 1. The normalized spacial score (nSPS) is 18.4. The topological polar surface area (TPSA) is 104 Å². The van der Waals surface area contributed by atoms with Gasteiger partial charge in [-0.2, -0.15) is 0 Å². The van der Waals surface area contributed by atoms with Crippen molar-refractivity contribution < 1.29 is 24.3 Å². The summed E-state index contributed by atoms with van der Waals surface area (Å²) < 4.78 is 0. The minimum atomic E-state index is -0.788. The van der Waals surface area contributed by atoms with Crippen LogP contribution in [-0.4, -0.2) is 34.8 Å². The summed E-state index contributed by atoms with van der Waals surface area (Å²) in [5.41, 5.74) is 2.20. The van der Waals surface area contributed by atoms with Crippen LogP contribution in [0.1, 0.15) is 56.1 Å². The number of nitrogens with zero attached hydrogens (tertiary/aromatic N) is 1. The second kappa shape index (κ2) is 8.70. The molecule has 0 aliphatic carbocycles. The van der Waals surface area contributed by atoms with Crippen molar-refractivity contribution in [3.05, 3.63) is 29.3 Å². The van der Waals surface area contributed by atoms with Crippen molar-refractivity contribution in [1.82, 2.24) is 5.32 Å². The lowest BCUT2D eigenvalue weighted by molar-refractivity contribution is -0.137. The Morgan fingerprint density at radius 2 is 2.04 bits per heavy atom. The summed E-state index contributed by atoms with van der Waals surface area (Å²) in [6.07, 6.45) is 3.78. The van der Waals surface area contributed by atoms with Gasteiger partial charge in [-0.3, -0.25) is 29.4 Å². The average Bonchev–Trinajstić information content (AvgIpc) is 2.97. The fraction of sp³-hybridized carbons (Fsp3) is 0.429. The smallest absolute Gasteiger partial charge is 0.303 e. The van der Waals surface area contributed by atoms with Gasteiger partial charge < -0.3 is 5.11 Å². The maximum absolute atomic E-state index is 12.6. The monoisotopic (exact) mass is 382 g/mol. The largest absolute Gasteiger partial charge is 0.481 e. The lowest BCUT2D eigenvalue weighted by atomic mass is 10.0. The van der Waals surface area contributed by atoms with Crippen LogP contribution in [0.2, 0.25) is 0 Å². The van der Waals surface area contributed by atoms with Crippen LogP contribution in [0.4, 0.5) is 5.69 Å². The molecule has 2 heterocycles. The molecule has 1 fully saturated rings. The number of fused-ring (bicyclic) bond motifs is 1. The van der Waals surface area contributed by atoms with Gasteiger partial charge in [0.1, 0.15) is 6.04 Å². The molecule has 0 spiro atoms. The van der Waals surface area contributed by atoms with E-state index in [1.165, 1.54) is 4.90 Å². The van der Waals surface area contributed by atoms with Gasteiger partial charge in [-0.05, 0) is 30.9 Å². The molecule has 0 radical (unpaired) electrons. The van der Waals surface area contributed by atoms with Gasteiger partial charge in [-0.1, -0.05) is 30.4 Å². The predicted molar refractivity (Wildman–Crippen MR) is 101 cm³/mol. The van der Waals surface area contributed by atoms with E-state index in [2.05, 4.69) is 17.2 Å². The summed E-state index contributed by atoms with van der Waals surface area (Å²) in [4.78, 5) is 48.3. The third-order valence-electron chi connectivity index (χ3n) is 4.91. The maximum atomic E-state index is 12.6. The molecule has 2 aliphatic rings. The molecule has 0 aromatic heterocycles. The number of rotatable bonds is 6. The zero-order chi connectivity index (χ0) is 20.1. The summed E-state index contributed by atoms with van der Waals surface area (Å²) in [6.45, 7) is 0. The van der Waals surface area contributed by atoms with E-state index in [-0.39, 0.29) is 31.1 Å². The van der Waals surface area contributed by atoms with Gasteiger partial charge in [-0.15, -0.1) is 0 Å². The first-order valence-electron chi connectivity index (χ1n) is 9.45. The SMILES string of the molecule is O=C(O)CCCCCC#Cc1cccc2c1N(C1CCC(=O)NC1=O)C(=O)C2. The fourth-order valence-electron chi connectivity index (χ4n) is 3.57. The van der Waals surface area contributed by atoms with Gasteiger partial charge in [0.05, 0.1) is 12.1 Å². The van der Waals surface area contributed by atoms with Crippen LogP contribution >= 0.6 is 0 Å². The number of nitrogens with one attached hydrogen (secondary N) is 1. The van der Waals surface area contributed by atoms with Crippen molar-refractivity contribution in [2.24, 2.45) is 0 Å². The van der Waals surface area contributed by atoms with Crippen molar-refractivity contribution in [3.8, 4) is 11.8 Å². The zero-order valence-corrected chi connectivity index (χ0v) is 15.5. The number of hydrogen-bond donors (Lipinski definition) is 2. The van der Waals surface area contributed by atoms with E-state index < -0.39 is 17.9 Å². The molecule has 3 amide bonds. The average molecular weight is 382 g/mol. The lowest BCUT2D eigenvalue weighted by Crippen LogP contribution is -2.53. The highest BCUT2D eigenvalue weighted by molar-refractivity contribution is 6.11. The van der Waals surface area contributed by atoms with Crippen molar-refractivity contribution in [2.45, 2.75) is 57.4 Å². The van der Waals surface area contributed by atoms with Crippen LogP contribution < -0.4 is 10.2 Å². The minimum absolute atomic E-state index is 0.160. The van der Waals surface area contributed by atoms with Crippen LogP contribution in [-0.2, 0) is 25.6 Å². The van der Waals surface area contributed by atoms with Crippen LogP contribution in [0.3, 0.4) is 0 Å². The number of imide groups is 1. The molecule has 1 aromatic rings. The second-order valence-electron chi connectivity index (χ2n) is 6.98. The number of carbonyl (C=O) groups is 4. The number of amides is 3. The number of carboxylic acid groups (broad SMARTS) is 1. The molecule has 1 unspecified atom stereocenters. The minimum Gasteiger partial charge on any atom is -0.481 e. The third-order valence-corrected chi connectivity index (χ3v) is 4.91. The molecule has 28 heavy (non-hydrogen) atoms. The zero-order valence-electron chi connectivity index (χ0n) is 15.5. The molecule has 7 heteroatoms. The molecule has 2 aliphatic heterocycles. The van der Waals surface area contributed by atoms with E-state index in [0.717, 1.165) is 18.4 Å². The number of unbranched alkanes of at least 4 members (excludes halogenated alkanes) is 3. The highest BCUT2D eigenvalue weighted by atomic mass is 16.4. The Hall–Kier alpha value is -3.14. The first-order valence-corrected chi connectivity index (χ1v) is 9.45. The van der Waals surface area contributed by atoms with E-state index in [1.54, 1.807) is 0 Å². The predicted octanol–water partition coefficient (Wildman–Crippen LogP) is 1.77. The first kappa shape index (κ1) is 19.6. The molecule has 0 saturated carbocycles. The molecule has 7 nitrogen and oxygen atoms in total. The Balaban J connectivity index is 1.73. The van der Waals surface area contributed by atoms with E-state index in [0.29, 0.717) is 30.5 Å². The van der Waals surface area contributed by atoms with Crippen LogP contribution in [0.5, 0.6) is 0 Å². The summed E-state index contributed by atoms with van der Waals surface area (Å²) in [6, 6.07) is 4.84. The Bertz CT molecular complexity index is 881. The maximum Gasteiger partial charge on any atom is 0.303 e. The molecule has 1 atom stereocenters. The molecule has 0 bridgehead atoms. The standard InChI is InChI=1S/C21H22N2O5/c24-17-12-11-16(21(28)22-17)23-18(25)13-15-9-6-8-14(20(15)23)7-4-2-1-3-5-10-19(26)27/h6,8-9,16H,1-3,5,10-13H2,(H,26,27)(H,22,24,28). The number of carboxylic acids is 1. The summed E-state index contributed by atoms with van der Waals surface area (Å²) in [5, 5.41) is 10.9. The number of aliphatic carboxylic acids is 1. The van der Waals surface area contributed by atoms with Gasteiger partial charge in [0.15, 0.2) is 0 Å². The van der Waals surface area contributed by atoms with E-state index in [1.807, 2.05) is 18.2 Å². The number of benzene rings is 1. The van der Waals surface area contributed by atoms with Crippen LogP contribution in [0, 0.1) is 11.8 Å². The van der Waals surface area contributed by atoms with Gasteiger partial charge in [0, 0.05) is 24.8 Å². The molecule has 3 rings (SSSR count). The summed E-state index contributed by atoms with van der Waals surface area (Å²) >= 11 is 0. The lowest BCUT2D eigenvalue weighted by Gasteiger charge is -2.30. The van der Waals surface area contributed by atoms with E-state index in [9.17, 15) is 19.2 Å². The Morgan fingerprint density at radius 3 is 2.79 bits per heavy atom. The van der Waals surface area contributed by atoms with Crippen LogP contribution in [0.15, 0.2) is 18.2 Å². The number of carbonyl (C=O) groups excluding carboxylic acids is 3. The van der Waals surface area contributed by atoms with Crippen molar-refractivity contribution in [1.29, 1.82) is 0 Å². The third kappa shape index (κ3) is 4.39. The van der Waals surface area contributed by atoms with Crippen LogP contribution in [0.25, 0.3) is 0 Å². The number of hydrogen-bond acceptors (Lipinski definition) is 4. The summed E-state index contributed by atoms with van der Waals surface area (Å²) in [5.74, 6) is 4.48. The van der Waals surface area contributed by atoms with E-state index in [4.69, 9.17) is 5.11 Å². The van der Waals surface area contributed by atoms with Gasteiger partial charge in [0.25, 0.3) is 0 Å². The van der Waals surface area contributed by atoms with Crippen molar-refractivity contribution >= 4 is 29.4 Å². The van der Waals surface area contributed by atoms with Gasteiger partial charge >= 0.3 is 5.97 Å². The van der Waals surface area contributed by atoms with Gasteiger partial charge in [-0.25, -0.2) is 0 Å². The molecular weight excluding hydrogens is 360 g/mol. The Kier molecular flexibility index (Phi) is 6.09. The first-order chi connectivity index (χ1) is 13.5. The summed E-state index contributed by atoms with van der Waals surface area (Å²) in [7, 11) is 0. The van der Waals surface area contributed by atoms with E-state index >= 15 is 0 Å². The quantitative estimate of drug-likeness (QED) is 0.443. The Morgan fingerprint density at radius 1 is 1.21 bits per heavy atom. The highest BCUT2D eigenvalue weighted by Gasteiger charge is 2.40. The molecule has 2 N–H and O–H groups in total. The number of para-hydroxylation sites is 1. The molecule has 1 saturated heterocycles. The van der Waals surface area contributed by atoms with Crippen molar-refractivity contribution in [2.75, 3.05) is 4.90 Å². The molecular formula is C21H22N2O5.